The number of nitrogens with zero attached hydrogens (tertiary/aromatic N) is 3. The van der Waals surface area contributed by atoms with Gasteiger partial charge in [-0.3, -0.25) is 9.56 Å². The van der Waals surface area contributed by atoms with E-state index in [1.807, 2.05) is 6.92 Å². The number of benzene rings is 1. The molecule has 1 aromatic carbocycles. The Balaban J connectivity index is 1.43. The molecule has 14 heteroatoms. The predicted molar refractivity (Wildman–Crippen MR) is 133 cm³/mol. The van der Waals surface area contributed by atoms with Crippen molar-refractivity contribution >= 4 is 31.2 Å². The highest BCUT2D eigenvalue weighted by molar-refractivity contribution is 7.51. The first kappa shape index (κ1) is 28.0. The molecule has 0 saturated carbocycles. The van der Waals surface area contributed by atoms with E-state index in [9.17, 15) is 19.2 Å². The number of fused-ring (bicyclic) bond motifs is 1. The smallest absolute Gasteiger partial charge is 0.350 e. The standard InChI is InChI=1S/C23H29ClFN4O7P/c1-12(13-3-2-4-14(25)7-13)27-22-16-9-26-15(5-6-17(16)28-23(24)29-22)8-18-20(30)21(31)19(36-18)10-35-11-37(32,33)34/h2-4,7,9,12,15,18-21,30-31H,5-6,8,10-11H2,1H3,(H,27,28,29)(H2,32,33,34)/t12-,15?,18-,19+,20-,21+/m0/s1. The largest absolute Gasteiger partial charge is 0.388 e. The maximum Gasteiger partial charge on any atom is 0.350 e. The monoisotopic (exact) mass is 558 g/mol. The molecule has 1 saturated heterocycles. The molecule has 2 aliphatic heterocycles. The molecule has 0 bridgehead atoms. The molecule has 4 rings (SSSR count). The molecule has 5 N–H and O–H groups in total. The number of aromatic nitrogens is 2. The Kier molecular flexibility index (Phi) is 8.93. The van der Waals surface area contributed by atoms with Gasteiger partial charge < -0.3 is 34.8 Å². The molecule has 0 aliphatic carbocycles. The summed E-state index contributed by atoms with van der Waals surface area (Å²) in [6.07, 6.45) is -1.93. The first-order chi connectivity index (χ1) is 17.5. The van der Waals surface area contributed by atoms with E-state index in [-0.39, 0.29) is 29.8 Å². The van der Waals surface area contributed by atoms with E-state index >= 15 is 0 Å². The zero-order valence-electron chi connectivity index (χ0n) is 19.9. The van der Waals surface area contributed by atoms with E-state index < -0.39 is 38.4 Å². The van der Waals surface area contributed by atoms with Gasteiger partial charge in [0.25, 0.3) is 0 Å². The number of aliphatic hydroxyl groups is 2. The first-order valence-electron chi connectivity index (χ1n) is 11.8. The van der Waals surface area contributed by atoms with E-state index in [0.717, 1.165) is 5.56 Å². The van der Waals surface area contributed by atoms with Crippen molar-refractivity contribution in [1.29, 1.82) is 0 Å². The Hall–Kier alpha value is -2.02. The Bertz CT molecular complexity index is 1190. The number of rotatable bonds is 9. The van der Waals surface area contributed by atoms with Gasteiger partial charge in [-0.15, -0.1) is 0 Å². The van der Waals surface area contributed by atoms with E-state index in [1.165, 1.54) is 12.1 Å². The summed E-state index contributed by atoms with van der Waals surface area (Å²) in [5.41, 5.74) is 2.08. The summed E-state index contributed by atoms with van der Waals surface area (Å²) in [6.45, 7) is 1.60. The van der Waals surface area contributed by atoms with Crippen LogP contribution in [0.25, 0.3) is 0 Å². The van der Waals surface area contributed by atoms with Crippen molar-refractivity contribution < 1.29 is 38.4 Å². The molecule has 2 aliphatic rings. The maximum atomic E-state index is 13.7. The van der Waals surface area contributed by atoms with Crippen molar-refractivity contribution in [2.75, 3.05) is 18.3 Å². The average molecular weight is 559 g/mol. The normalized spacial score (nSPS) is 26.5. The van der Waals surface area contributed by atoms with Crippen molar-refractivity contribution in [2.24, 2.45) is 4.99 Å². The Morgan fingerprint density at radius 1 is 1.27 bits per heavy atom. The molecular formula is C23H29ClFN4O7P. The highest BCUT2D eigenvalue weighted by Gasteiger charge is 2.43. The number of aryl methyl sites for hydroxylation is 1. The minimum absolute atomic E-state index is 0.0651. The quantitative estimate of drug-likeness (QED) is 0.227. The summed E-state index contributed by atoms with van der Waals surface area (Å²) in [6, 6.07) is 5.70. The lowest BCUT2D eigenvalue weighted by atomic mass is 9.99. The van der Waals surface area contributed by atoms with Crippen molar-refractivity contribution in [1.82, 2.24) is 9.97 Å². The number of nitrogens with one attached hydrogen (secondary N) is 1. The molecule has 11 nitrogen and oxygen atoms in total. The van der Waals surface area contributed by atoms with Gasteiger partial charge in [0.1, 0.15) is 36.3 Å². The van der Waals surface area contributed by atoms with E-state index in [4.69, 9.17) is 30.9 Å². The molecule has 6 atom stereocenters. The second kappa shape index (κ2) is 11.8. The Morgan fingerprint density at radius 3 is 2.76 bits per heavy atom. The summed E-state index contributed by atoms with van der Waals surface area (Å²) in [5, 5.41) is 24.1. The topological polar surface area (TPSA) is 167 Å². The fourth-order valence-corrected chi connectivity index (χ4v) is 4.97. The zero-order valence-corrected chi connectivity index (χ0v) is 21.6. The minimum atomic E-state index is -4.36. The number of aliphatic hydroxyl groups excluding tert-OH is 2. The van der Waals surface area contributed by atoms with Gasteiger partial charge in [-0.2, -0.15) is 0 Å². The van der Waals surface area contributed by atoms with Crippen molar-refractivity contribution in [3.05, 3.63) is 52.2 Å². The van der Waals surface area contributed by atoms with Crippen LogP contribution in [0.3, 0.4) is 0 Å². The Labute approximate surface area is 217 Å². The molecule has 0 spiro atoms. The van der Waals surface area contributed by atoms with Crippen LogP contribution in [0.2, 0.25) is 5.28 Å². The fraction of sp³-hybridized carbons (Fsp3) is 0.522. The summed E-state index contributed by atoms with van der Waals surface area (Å²) in [7, 11) is -4.36. The molecule has 0 radical (unpaired) electrons. The number of hydrogen-bond donors (Lipinski definition) is 5. The number of hydrogen-bond acceptors (Lipinski definition) is 9. The third-order valence-electron chi connectivity index (χ3n) is 6.34. The molecule has 3 heterocycles. The van der Waals surface area contributed by atoms with Gasteiger partial charge in [0.2, 0.25) is 5.28 Å². The molecule has 1 unspecified atom stereocenters. The lowest BCUT2D eigenvalue weighted by Gasteiger charge is -2.19. The maximum absolute atomic E-state index is 13.7. The van der Waals surface area contributed by atoms with Gasteiger partial charge in [0.15, 0.2) is 0 Å². The lowest BCUT2D eigenvalue weighted by Crippen LogP contribution is -2.35. The van der Waals surface area contributed by atoms with Crippen LogP contribution in [-0.4, -0.2) is 79.6 Å². The summed E-state index contributed by atoms with van der Waals surface area (Å²) in [4.78, 5) is 31.1. The summed E-state index contributed by atoms with van der Waals surface area (Å²) in [5.74, 6) is 0.123. The van der Waals surface area contributed by atoms with Crippen LogP contribution in [0, 0.1) is 5.82 Å². The average Bonchev–Trinajstić information content (AvgIpc) is 2.96. The van der Waals surface area contributed by atoms with Crippen LogP contribution in [0.5, 0.6) is 0 Å². The first-order valence-corrected chi connectivity index (χ1v) is 13.9. The zero-order chi connectivity index (χ0) is 26.7. The molecular weight excluding hydrogens is 530 g/mol. The highest BCUT2D eigenvalue weighted by atomic mass is 35.5. The van der Waals surface area contributed by atoms with Crippen LogP contribution in [0.15, 0.2) is 29.3 Å². The molecule has 1 fully saturated rings. The van der Waals surface area contributed by atoms with E-state index in [2.05, 4.69) is 20.3 Å². The van der Waals surface area contributed by atoms with Crippen LogP contribution < -0.4 is 5.32 Å². The third kappa shape index (κ3) is 7.30. The molecule has 37 heavy (non-hydrogen) atoms. The second-order valence-corrected chi connectivity index (χ2v) is 11.1. The van der Waals surface area contributed by atoms with Gasteiger partial charge in [-0.05, 0) is 55.5 Å². The number of anilines is 1. The SMILES string of the molecule is C[C@H](Nc1nc(Cl)nc2c1C=NC(C[C@@H]1O[C@H](COCP(=O)(O)O)[C@@H](O)[C@H]1O)CC2)c1cccc(F)c1. The fourth-order valence-electron chi connectivity index (χ4n) is 4.44. The predicted octanol–water partition coefficient (Wildman–Crippen LogP) is 2.21. The van der Waals surface area contributed by atoms with Gasteiger partial charge >= 0.3 is 7.60 Å². The van der Waals surface area contributed by atoms with Crippen LogP contribution in [0.4, 0.5) is 10.2 Å². The number of ether oxygens (including phenoxy) is 2. The van der Waals surface area contributed by atoms with E-state index in [0.29, 0.717) is 36.3 Å². The Morgan fingerprint density at radius 2 is 2.03 bits per heavy atom. The van der Waals surface area contributed by atoms with Crippen LogP contribution >= 0.6 is 19.2 Å². The number of aliphatic imine (C=N–C) groups is 1. The third-order valence-corrected chi connectivity index (χ3v) is 7.02. The van der Waals surface area contributed by atoms with Crippen LogP contribution in [0.1, 0.15) is 42.6 Å². The van der Waals surface area contributed by atoms with Gasteiger partial charge in [-0.25, -0.2) is 14.4 Å². The van der Waals surface area contributed by atoms with Crippen molar-refractivity contribution in [3.8, 4) is 0 Å². The highest BCUT2D eigenvalue weighted by Crippen LogP contribution is 2.35. The van der Waals surface area contributed by atoms with Gasteiger partial charge in [0.05, 0.1) is 36.1 Å². The lowest BCUT2D eigenvalue weighted by molar-refractivity contribution is -0.0411. The molecule has 1 aromatic heterocycles. The molecule has 202 valence electrons. The molecule has 0 amide bonds. The molecule has 2 aromatic rings. The van der Waals surface area contributed by atoms with Crippen molar-refractivity contribution in [2.45, 2.75) is 62.7 Å². The van der Waals surface area contributed by atoms with Gasteiger partial charge in [-0.1, -0.05) is 12.1 Å². The van der Waals surface area contributed by atoms with Gasteiger partial charge in [0, 0.05) is 6.21 Å². The second-order valence-electron chi connectivity index (χ2n) is 9.19. The van der Waals surface area contributed by atoms with E-state index in [1.54, 1.807) is 18.3 Å². The minimum Gasteiger partial charge on any atom is -0.388 e. The summed E-state index contributed by atoms with van der Waals surface area (Å²) < 4.78 is 35.3. The van der Waals surface area contributed by atoms with Crippen LogP contribution in [-0.2, 0) is 20.5 Å². The summed E-state index contributed by atoms with van der Waals surface area (Å²) >= 11 is 6.18. The van der Waals surface area contributed by atoms with Crippen molar-refractivity contribution in [3.63, 3.8) is 0 Å². The number of halogens is 2.